The molecule has 2 aromatic rings. The minimum absolute atomic E-state index is 0.294. The Kier molecular flexibility index (Phi) is 2.97. The highest BCUT2D eigenvalue weighted by atomic mass is 16.4. The van der Waals surface area contributed by atoms with Crippen LogP contribution in [0.4, 0.5) is 0 Å². The van der Waals surface area contributed by atoms with Gasteiger partial charge in [-0.1, -0.05) is 6.07 Å². The van der Waals surface area contributed by atoms with Crippen molar-refractivity contribution in [3.05, 3.63) is 34.2 Å². The highest BCUT2D eigenvalue weighted by Gasteiger charge is 2.19. The lowest BCUT2D eigenvalue weighted by molar-refractivity contribution is -0.138. The minimum atomic E-state index is -0.892. The van der Waals surface area contributed by atoms with Gasteiger partial charge in [-0.2, -0.15) is 0 Å². The van der Waals surface area contributed by atoms with Gasteiger partial charge >= 0.3 is 11.7 Å². The first kappa shape index (κ1) is 11.4. The Morgan fingerprint density at radius 2 is 2.12 bits per heavy atom. The number of hydrogen-bond acceptors (Lipinski definition) is 3. The van der Waals surface area contributed by atoms with Gasteiger partial charge < -0.3 is 20.4 Å². The molecule has 1 unspecified atom stereocenters. The fourth-order valence-corrected chi connectivity index (χ4v) is 1.82. The SMILES string of the molecule is CNCC(C(=O)O)c1ccc2[nH]c(=O)[nH]c2c1. The third kappa shape index (κ3) is 2.21. The molecule has 17 heavy (non-hydrogen) atoms. The van der Waals surface area contributed by atoms with Crippen LogP contribution in [0.3, 0.4) is 0 Å². The molecule has 6 nitrogen and oxygen atoms in total. The second-order valence-electron chi connectivity index (χ2n) is 3.83. The van der Waals surface area contributed by atoms with E-state index in [1.807, 2.05) is 0 Å². The lowest BCUT2D eigenvalue weighted by atomic mass is 9.99. The second-order valence-corrected chi connectivity index (χ2v) is 3.83. The normalized spacial score (nSPS) is 12.8. The van der Waals surface area contributed by atoms with E-state index in [1.54, 1.807) is 25.2 Å². The van der Waals surface area contributed by atoms with Crippen LogP contribution in [0.5, 0.6) is 0 Å². The summed E-state index contributed by atoms with van der Waals surface area (Å²) in [7, 11) is 1.70. The average molecular weight is 235 g/mol. The van der Waals surface area contributed by atoms with Gasteiger partial charge in [0.1, 0.15) is 0 Å². The summed E-state index contributed by atoms with van der Waals surface area (Å²) >= 11 is 0. The number of hydrogen-bond donors (Lipinski definition) is 4. The number of likely N-dealkylation sites (N-methyl/N-ethyl adjacent to an activating group) is 1. The number of benzene rings is 1. The van der Waals surface area contributed by atoms with Crippen LogP contribution in [0.2, 0.25) is 0 Å². The maximum atomic E-state index is 11.1. The number of H-pyrrole nitrogens is 2. The summed E-state index contributed by atoms with van der Waals surface area (Å²) in [6.07, 6.45) is 0. The quantitative estimate of drug-likeness (QED) is 0.610. The van der Waals surface area contributed by atoms with E-state index >= 15 is 0 Å². The molecular formula is C11H13N3O3. The van der Waals surface area contributed by atoms with E-state index in [4.69, 9.17) is 5.11 Å². The van der Waals surface area contributed by atoms with Crippen molar-refractivity contribution in [2.75, 3.05) is 13.6 Å². The number of rotatable bonds is 4. The largest absolute Gasteiger partial charge is 0.481 e. The van der Waals surface area contributed by atoms with Gasteiger partial charge in [0.25, 0.3) is 0 Å². The van der Waals surface area contributed by atoms with Crippen molar-refractivity contribution in [1.82, 2.24) is 15.3 Å². The monoisotopic (exact) mass is 235 g/mol. The van der Waals surface area contributed by atoms with Crippen molar-refractivity contribution in [1.29, 1.82) is 0 Å². The Balaban J connectivity index is 2.46. The summed E-state index contributed by atoms with van der Waals surface area (Å²) in [5.41, 5.74) is 1.66. The third-order valence-corrected chi connectivity index (χ3v) is 2.65. The maximum Gasteiger partial charge on any atom is 0.323 e. The molecular weight excluding hydrogens is 222 g/mol. The molecule has 6 heteroatoms. The Morgan fingerprint density at radius 3 is 2.76 bits per heavy atom. The zero-order valence-corrected chi connectivity index (χ0v) is 9.28. The number of carbonyl (C=O) groups is 1. The van der Waals surface area contributed by atoms with Crippen LogP contribution in [0.15, 0.2) is 23.0 Å². The standard InChI is InChI=1S/C11H13N3O3/c1-12-5-7(10(15)16)6-2-3-8-9(4-6)14-11(17)13-8/h2-4,7,12H,5H2,1H3,(H,15,16)(H2,13,14,17). The Bertz CT molecular complexity index is 599. The fraction of sp³-hybridized carbons (Fsp3) is 0.273. The van der Waals surface area contributed by atoms with Gasteiger partial charge in [0, 0.05) is 6.54 Å². The van der Waals surface area contributed by atoms with Crippen LogP contribution in [0.1, 0.15) is 11.5 Å². The number of aliphatic carboxylic acids is 1. The van der Waals surface area contributed by atoms with E-state index < -0.39 is 11.9 Å². The predicted molar refractivity (Wildman–Crippen MR) is 63.2 cm³/mol. The third-order valence-electron chi connectivity index (χ3n) is 2.65. The molecule has 90 valence electrons. The van der Waals surface area contributed by atoms with Crippen molar-refractivity contribution in [2.24, 2.45) is 0 Å². The van der Waals surface area contributed by atoms with Crippen LogP contribution in [0, 0.1) is 0 Å². The molecule has 2 rings (SSSR count). The maximum absolute atomic E-state index is 11.1. The van der Waals surface area contributed by atoms with Gasteiger partial charge in [-0.25, -0.2) is 4.79 Å². The van der Waals surface area contributed by atoms with Crippen LogP contribution in [-0.2, 0) is 4.79 Å². The van der Waals surface area contributed by atoms with Crippen LogP contribution in [-0.4, -0.2) is 34.6 Å². The van der Waals surface area contributed by atoms with Gasteiger partial charge in [-0.3, -0.25) is 4.79 Å². The Labute approximate surface area is 96.7 Å². The molecule has 0 aliphatic carbocycles. The highest BCUT2D eigenvalue weighted by molar-refractivity contribution is 5.80. The topological polar surface area (TPSA) is 98.0 Å². The molecule has 1 aromatic carbocycles. The number of aromatic amines is 2. The summed E-state index contributed by atoms with van der Waals surface area (Å²) < 4.78 is 0. The fourth-order valence-electron chi connectivity index (χ4n) is 1.82. The summed E-state index contributed by atoms with van der Waals surface area (Å²) in [6, 6.07) is 5.10. The zero-order valence-electron chi connectivity index (χ0n) is 9.28. The number of carboxylic acids is 1. The highest BCUT2D eigenvalue weighted by Crippen LogP contribution is 2.19. The first-order chi connectivity index (χ1) is 8.11. The lowest BCUT2D eigenvalue weighted by Gasteiger charge is -2.11. The molecule has 1 heterocycles. The summed E-state index contributed by atoms with van der Waals surface area (Å²) in [5.74, 6) is -1.51. The van der Waals surface area contributed by atoms with E-state index in [1.165, 1.54) is 0 Å². The molecule has 4 N–H and O–H groups in total. The molecule has 0 fully saturated rings. The van der Waals surface area contributed by atoms with E-state index in [-0.39, 0.29) is 5.69 Å². The molecule has 0 aliphatic heterocycles. The average Bonchev–Trinajstić information content (AvgIpc) is 2.64. The Hall–Kier alpha value is -2.08. The number of fused-ring (bicyclic) bond motifs is 1. The number of imidazole rings is 1. The summed E-state index contributed by atoms with van der Waals surface area (Å²) in [6.45, 7) is 0.343. The van der Waals surface area contributed by atoms with Crippen molar-refractivity contribution in [2.45, 2.75) is 5.92 Å². The molecule has 0 aliphatic rings. The Morgan fingerprint density at radius 1 is 1.41 bits per heavy atom. The smallest absolute Gasteiger partial charge is 0.323 e. The molecule has 0 saturated heterocycles. The van der Waals surface area contributed by atoms with Crippen LogP contribution >= 0.6 is 0 Å². The predicted octanol–water partition coefficient (Wildman–Crippen LogP) is 0.244. The first-order valence-corrected chi connectivity index (χ1v) is 5.21. The molecule has 0 saturated carbocycles. The van der Waals surface area contributed by atoms with Gasteiger partial charge in [-0.05, 0) is 24.7 Å². The van der Waals surface area contributed by atoms with E-state index in [2.05, 4.69) is 15.3 Å². The zero-order chi connectivity index (χ0) is 12.4. The van der Waals surface area contributed by atoms with E-state index in [0.29, 0.717) is 23.1 Å². The van der Waals surface area contributed by atoms with E-state index in [0.717, 1.165) is 0 Å². The van der Waals surface area contributed by atoms with Crippen molar-refractivity contribution >= 4 is 17.0 Å². The molecule has 0 bridgehead atoms. The number of aromatic nitrogens is 2. The summed E-state index contributed by atoms with van der Waals surface area (Å²) in [5, 5.41) is 12.0. The van der Waals surface area contributed by atoms with Gasteiger partial charge in [0.15, 0.2) is 0 Å². The molecule has 0 radical (unpaired) electrons. The van der Waals surface area contributed by atoms with Gasteiger partial charge in [0.05, 0.1) is 17.0 Å². The molecule has 0 spiro atoms. The number of carboxylic acid groups (broad SMARTS) is 1. The van der Waals surface area contributed by atoms with Crippen LogP contribution < -0.4 is 11.0 Å². The van der Waals surface area contributed by atoms with E-state index in [9.17, 15) is 9.59 Å². The molecule has 0 amide bonds. The minimum Gasteiger partial charge on any atom is -0.481 e. The molecule has 1 aromatic heterocycles. The van der Waals surface area contributed by atoms with Gasteiger partial charge in [0.2, 0.25) is 0 Å². The van der Waals surface area contributed by atoms with Crippen molar-refractivity contribution < 1.29 is 9.90 Å². The van der Waals surface area contributed by atoms with Crippen LogP contribution in [0.25, 0.3) is 11.0 Å². The lowest BCUT2D eigenvalue weighted by Crippen LogP contribution is -2.24. The van der Waals surface area contributed by atoms with Crippen molar-refractivity contribution in [3.8, 4) is 0 Å². The number of nitrogens with one attached hydrogen (secondary N) is 3. The molecule has 1 atom stereocenters. The first-order valence-electron chi connectivity index (χ1n) is 5.21. The van der Waals surface area contributed by atoms with Crippen molar-refractivity contribution in [3.63, 3.8) is 0 Å². The van der Waals surface area contributed by atoms with Gasteiger partial charge in [-0.15, -0.1) is 0 Å². The summed E-state index contributed by atoms with van der Waals surface area (Å²) in [4.78, 5) is 27.4. The second kappa shape index (κ2) is 4.42.